The molecule has 3 rings (SSSR count). The average Bonchev–Trinajstić information content (AvgIpc) is 2.99. The van der Waals surface area contributed by atoms with Gasteiger partial charge in [-0.25, -0.2) is 4.99 Å². The van der Waals surface area contributed by atoms with Gasteiger partial charge in [0, 0.05) is 18.0 Å². The predicted molar refractivity (Wildman–Crippen MR) is 123 cm³/mol. The van der Waals surface area contributed by atoms with E-state index in [2.05, 4.69) is 16.9 Å². The molecule has 1 fully saturated rings. The first-order valence-corrected chi connectivity index (χ1v) is 10.6. The van der Waals surface area contributed by atoms with E-state index in [-0.39, 0.29) is 18.2 Å². The summed E-state index contributed by atoms with van der Waals surface area (Å²) in [6.45, 7) is 6.01. The SMILES string of the molecule is C=CCN1C(=O)[C@@H](CC(=O)Nc2cc(Cl)ccc2OC)SC1=Nc1ccccc1C. The number of aryl methyl sites for hydroxylation is 1. The van der Waals surface area contributed by atoms with Crippen LogP contribution < -0.4 is 10.1 Å². The number of nitrogens with zero attached hydrogens (tertiary/aromatic N) is 2. The zero-order valence-corrected chi connectivity index (χ0v) is 18.3. The Labute approximate surface area is 185 Å². The molecule has 2 amide bonds. The Balaban J connectivity index is 1.77. The number of carbonyl (C=O) groups excluding carboxylic acids is 2. The van der Waals surface area contributed by atoms with E-state index < -0.39 is 5.25 Å². The number of carbonyl (C=O) groups is 2. The van der Waals surface area contributed by atoms with Gasteiger partial charge in [-0.3, -0.25) is 14.5 Å². The van der Waals surface area contributed by atoms with Crippen LogP contribution in [0.5, 0.6) is 5.75 Å². The second-order valence-corrected chi connectivity index (χ2v) is 8.23. The molecule has 156 valence electrons. The third-order valence-corrected chi connectivity index (χ3v) is 5.88. The number of halogens is 1. The smallest absolute Gasteiger partial charge is 0.242 e. The highest BCUT2D eigenvalue weighted by Crippen LogP contribution is 2.33. The minimum Gasteiger partial charge on any atom is -0.495 e. The summed E-state index contributed by atoms with van der Waals surface area (Å²) in [7, 11) is 1.51. The number of rotatable bonds is 7. The van der Waals surface area contributed by atoms with E-state index in [1.165, 1.54) is 18.9 Å². The number of aliphatic imine (C=N–C) groups is 1. The Morgan fingerprint density at radius 2 is 2.13 bits per heavy atom. The van der Waals surface area contributed by atoms with Gasteiger partial charge < -0.3 is 10.1 Å². The lowest BCUT2D eigenvalue weighted by Crippen LogP contribution is -2.33. The number of amidine groups is 1. The number of ether oxygens (including phenoxy) is 1. The zero-order valence-electron chi connectivity index (χ0n) is 16.7. The van der Waals surface area contributed by atoms with E-state index in [4.69, 9.17) is 16.3 Å². The van der Waals surface area contributed by atoms with Crippen molar-refractivity contribution in [3.05, 3.63) is 65.7 Å². The maximum Gasteiger partial charge on any atom is 0.242 e. The molecule has 8 heteroatoms. The van der Waals surface area contributed by atoms with Crippen molar-refractivity contribution < 1.29 is 14.3 Å². The molecule has 0 spiro atoms. The van der Waals surface area contributed by atoms with Crippen LogP contribution in [-0.2, 0) is 9.59 Å². The van der Waals surface area contributed by atoms with Crippen molar-refractivity contribution >= 4 is 51.7 Å². The second-order valence-electron chi connectivity index (χ2n) is 6.62. The monoisotopic (exact) mass is 443 g/mol. The van der Waals surface area contributed by atoms with Crippen LogP contribution in [0.2, 0.25) is 5.02 Å². The molecule has 1 heterocycles. The van der Waals surface area contributed by atoms with Gasteiger partial charge in [0.25, 0.3) is 0 Å². The summed E-state index contributed by atoms with van der Waals surface area (Å²) in [5.74, 6) is 0.0193. The van der Waals surface area contributed by atoms with Crippen molar-refractivity contribution in [2.45, 2.75) is 18.6 Å². The van der Waals surface area contributed by atoms with Crippen molar-refractivity contribution in [3.63, 3.8) is 0 Å². The normalized spacial score (nSPS) is 17.3. The first-order valence-electron chi connectivity index (χ1n) is 9.29. The molecule has 6 nitrogen and oxygen atoms in total. The molecule has 0 saturated carbocycles. The van der Waals surface area contributed by atoms with Gasteiger partial charge >= 0.3 is 0 Å². The standard InChI is InChI=1S/C22H22ClN3O3S/c1-4-11-26-21(28)19(30-22(26)25-16-8-6-5-7-14(16)2)13-20(27)24-17-12-15(23)9-10-18(17)29-3/h4-10,12,19H,1,11,13H2,2-3H3,(H,24,27)/t19-/m1/s1. The van der Waals surface area contributed by atoms with Crippen LogP contribution in [-0.4, -0.2) is 40.8 Å². The fourth-order valence-corrected chi connectivity index (χ4v) is 4.29. The number of thioether (sulfide) groups is 1. The summed E-state index contributed by atoms with van der Waals surface area (Å²) < 4.78 is 5.25. The lowest BCUT2D eigenvalue weighted by atomic mass is 10.2. The fourth-order valence-electron chi connectivity index (χ4n) is 2.96. The first kappa shape index (κ1) is 21.9. The van der Waals surface area contributed by atoms with Gasteiger partial charge in [0.15, 0.2) is 5.17 Å². The minimum absolute atomic E-state index is 0.000395. The number of nitrogens with one attached hydrogen (secondary N) is 1. The van der Waals surface area contributed by atoms with E-state index in [0.717, 1.165) is 11.3 Å². The summed E-state index contributed by atoms with van der Waals surface area (Å²) >= 11 is 7.30. The lowest BCUT2D eigenvalue weighted by molar-refractivity contribution is -0.127. The van der Waals surface area contributed by atoms with Crippen molar-refractivity contribution in [2.24, 2.45) is 4.99 Å². The van der Waals surface area contributed by atoms with Crippen LogP contribution in [0.3, 0.4) is 0 Å². The number of para-hydroxylation sites is 1. The molecule has 0 unspecified atom stereocenters. The number of hydrogen-bond donors (Lipinski definition) is 1. The van der Waals surface area contributed by atoms with Gasteiger partial charge in [-0.05, 0) is 36.8 Å². The Morgan fingerprint density at radius 3 is 2.83 bits per heavy atom. The number of benzene rings is 2. The van der Waals surface area contributed by atoms with Crippen LogP contribution in [0.4, 0.5) is 11.4 Å². The molecule has 0 aliphatic carbocycles. The summed E-state index contributed by atoms with van der Waals surface area (Å²) in [5.41, 5.74) is 2.25. The van der Waals surface area contributed by atoms with Crippen LogP contribution in [0.1, 0.15) is 12.0 Å². The molecule has 1 aliphatic heterocycles. The molecule has 1 saturated heterocycles. The maximum absolute atomic E-state index is 12.9. The maximum atomic E-state index is 12.9. The molecule has 1 N–H and O–H groups in total. The number of anilines is 1. The van der Waals surface area contributed by atoms with Crippen LogP contribution in [0.25, 0.3) is 0 Å². The Kier molecular flexibility index (Phi) is 7.18. The van der Waals surface area contributed by atoms with Gasteiger partial charge in [-0.1, -0.05) is 47.6 Å². The summed E-state index contributed by atoms with van der Waals surface area (Å²) in [5, 5.41) is 3.24. The highest BCUT2D eigenvalue weighted by molar-refractivity contribution is 8.15. The zero-order chi connectivity index (χ0) is 21.7. The fraction of sp³-hybridized carbons (Fsp3) is 0.227. The van der Waals surface area contributed by atoms with Crippen molar-refractivity contribution in [1.82, 2.24) is 4.90 Å². The summed E-state index contributed by atoms with van der Waals surface area (Å²) in [6.07, 6.45) is 1.64. The molecular formula is C22H22ClN3O3S. The molecule has 30 heavy (non-hydrogen) atoms. The van der Waals surface area contributed by atoms with Crippen molar-refractivity contribution in [1.29, 1.82) is 0 Å². The quantitative estimate of drug-likeness (QED) is 0.624. The van der Waals surface area contributed by atoms with Crippen LogP contribution in [0.15, 0.2) is 60.1 Å². The summed E-state index contributed by atoms with van der Waals surface area (Å²) in [6, 6.07) is 12.6. The Bertz CT molecular complexity index is 1010. The number of amides is 2. The molecule has 0 radical (unpaired) electrons. The molecular weight excluding hydrogens is 422 g/mol. The van der Waals surface area contributed by atoms with E-state index in [1.807, 2.05) is 31.2 Å². The second kappa shape index (κ2) is 9.82. The van der Waals surface area contributed by atoms with E-state index in [9.17, 15) is 9.59 Å². The average molecular weight is 444 g/mol. The van der Waals surface area contributed by atoms with E-state index in [0.29, 0.717) is 28.2 Å². The van der Waals surface area contributed by atoms with Crippen LogP contribution >= 0.6 is 23.4 Å². The molecule has 1 aliphatic rings. The number of methoxy groups -OCH3 is 1. The molecule has 2 aromatic carbocycles. The van der Waals surface area contributed by atoms with Gasteiger partial charge in [0.2, 0.25) is 11.8 Å². The van der Waals surface area contributed by atoms with Crippen molar-refractivity contribution in [3.8, 4) is 5.75 Å². The van der Waals surface area contributed by atoms with Gasteiger partial charge in [0.1, 0.15) is 11.0 Å². The van der Waals surface area contributed by atoms with E-state index in [1.54, 1.807) is 29.2 Å². The topological polar surface area (TPSA) is 71.0 Å². The first-order chi connectivity index (χ1) is 14.4. The highest BCUT2D eigenvalue weighted by Gasteiger charge is 2.38. The Hall–Kier alpha value is -2.77. The van der Waals surface area contributed by atoms with Crippen molar-refractivity contribution in [2.75, 3.05) is 19.0 Å². The molecule has 2 aromatic rings. The third-order valence-electron chi connectivity index (χ3n) is 4.47. The lowest BCUT2D eigenvalue weighted by Gasteiger charge is -2.14. The largest absolute Gasteiger partial charge is 0.495 e. The molecule has 0 bridgehead atoms. The Morgan fingerprint density at radius 1 is 1.37 bits per heavy atom. The number of hydrogen-bond acceptors (Lipinski definition) is 5. The minimum atomic E-state index is -0.571. The molecule has 0 aromatic heterocycles. The predicted octanol–water partition coefficient (Wildman–Crippen LogP) is 4.80. The third kappa shape index (κ3) is 5.04. The molecule has 1 atom stereocenters. The summed E-state index contributed by atoms with van der Waals surface area (Å²) in [4.78, 5) is 31.7. The van der Waals surface area contributed by atoms with Gasteiger partial charge in [0.05, 0.1) is 18.5 Å². The van der Waals surface area contributed by atoms with Gasteiger partial charge in [-0.15, -0.1) is 6.58 Å². The van der Waals surface area contributed by atoms with E-state index >= 15 is 0 Å². The highest BCUT2D eigenvalue weighted by atomic mass is 35.5. The van der Waals surface area contributed by atoms with Gasteiger partial charge in [-0.2, -0.15) is 0 Å². The van der Waals surface area contributed by atoms with Crippen LogP contribution in [0, 0.1) is 6.92 Å².